The van der Waals surface area contributed by atoms with Gasteiger partial charge in [0.05, 0.1) is 6.07 Å². The first-order valence-electron chi connectivity index (χ1n) is 13.0. The molecule has 3 heterocycles. The maximum absolute atomic E-state index is 12.3. The molecule has 3 aliphatic rings. The summed E-state index contributed by atoms with van der Waals surface area (Å²) in [5.74, 6) is 0.886. The molecule has 2 saturated heterocycles. The predicted octanol–water partition coefficient (Wildman–Crippen LogP) is 3.05. The summed E-state index contributed by atoms with van der Waals surface area (Å²) in [6.07, 6.45) is 6.71. The summed E-state index contributed by atoms with van der Waals surface area (Å²) in [6, 6.07) is 10.3. The van der Waals surface area contributed by atoms with Crippen molar-refractivity contribution >= 4 is 35.3 Å². The van der Waals surface area contributed by atoms with Crippen LogP contribution in [-0.2, 0) is 0 Å². The van der Waals surface area contributed by atoms with Gasteiger partial charge in [0.15, 0.2) is 0 Å². The predicted molar refractivity (Wildman–Crippen MR) is 142 cm³/mol. The Hall–Kier alpha value is -3.71. The van der Waals surface area contributed by atoms with E-state index >= 15 is 0 Å². The molecule has 0 radical (unpaired) electrons. The van der Waals surface area contributed by atoms with Crippen LogP contribution < -0.4 is 20.9 Å². The van der Waals surface area contributed by atoms with Crippen molar-refractivity contribution in [3.8, 4) is 6.07 Å². The van der Waals surface area contributed by atoms with Gasteiger partial charge in [-0.1, -0.05) is 0 Å². The van der Waals surface area contributed by atoms with E-state index in [0.29, 0.717) is 49.3 Å². The molecule has 194 valence electrons. The van der Waals surface area contributed by atoms with E-state index in [4.69, 9.17) is 16.4 Å². The van der Waals surface area contributed by atoms with Crippen LogP contribution in [0.5, 0.6) is 0 Å². The molecule has 1 aromatic heterocycles. The zero-order valence-corrected chi connectivity index (χ0v) is 21.0. The normalized spacial score (nSPS) is 20.9. The standard InChI is InChI=1S/C27H34N8O2/c28-10-5-18-6-11-35(12-7-18)26-32-22(16-29)23(24(30)37)25(33-26)31-20-1-3-21(4-2-20)34-13-8-27(9-14-34)15-19(27)17-36/h1-4,16,18-19,29,36H,5-9,11-15,17H2,(H2,30,37)(H,31,32,33). The van der Waals surface area contributed by atoms with Crippen molar-refractivity contribution < 1.29 is 9.90 Å². The number of aliphatic hydroxyl groups is 1. The van der Waals surface area contributed by atoms with Crippen LogP contribution >= 0.6 is 0 Å². The number of benzene rings is 1. The molecule has 1 unspecified atom stereocenters. The number of amides is 1. The Morgan fingerprint density at radius 3 is 2.46 bits per heavy atom. The fraction of sp³-hybridized carbons (Fsp3) is 0.519. The summed E-state index contributed by atoms with van der Waals surface area (Å²) < 4.78 is 0. The van der Waals surface area contributed by atoms with Crippen LogP contribution in [-0.4, -0.2) is 60.0 Å². The van der Waals surface area contributed by atoms with Gasteiger partial charge in [-0.3, -0.25) is 4.79 Å². The highest BCUT2D eigenvalue weighted by Crippen LogP contribution is 2.59. The molecule has 37 heavy (non-hydrogen) atoms. The number of primary amides is 1. The third kappa shape index (κ3) is 5.09. The Labute approximate surface area is 217 Å². The van der Waals surface area contributed by atoms with Gasteiger partial charge in [-0.15, -0.1) is 0 Å². The third-order valence-corrected chi connectivity index (χ3v) is 8.42. The molecule has 1 spiro atoms. The number of carbonyl (C=O) groups is 1. The fourth-order valence-corrected chi connectivity index (χ4v) is 5.92. The summed E-state index contributed by atoms with van der Waals surface area (Å²) in [5.41, 5.74) is 8.19. The maximum Gasteiger partial charge on any atom is 0.254 e. The number of aromatic nitrogens is 2. The Morgan fingerprint density at radius 2 is 1.89 bits per heavy atom. The van der Waals surface area contributed by atoms with E-state index in [0.717, 1.165) is 62.8 Å². The van der Waals surface area contributed by atoms with E-state index in [1.165, 1.54) is 0 Å². The average Bonchev–Trinajstić information content (AvgIpc) is 3.61. The van der Waals surface area contributed by atoms with Crippen molar-refractivity contribution in [3.63, 3.8) is 0 Å². The molecule has 1 amide bonds. The zero-order valence-electron chi connectivity index (χ0n) is 21.0. The van der Waals surface area contributed by atoms with E-state index in [1.54, 1.807) is 0 Å². The number of nitrogens with one attached hydrogen (secondary N) is 2. The number of piperidine rings is 2. The largest absolute Gasteiger partial charge is 0.396 e. The number of aliphatic hydroxyl groups excluding tert-OH is 1. The van der Waals surface area contributed by atoms with Gasteiger partial charge in [0.25, 0.3) is 5.91 Å². The van der Waals surface area contributed by atoms with Crippen molar-refractivity contribution in [2.75, 3.05) is 47.9 Å². The minimum absolute atomic E-state index is 0.0893. The van der Waals surface area contributed by atoms with Gasteiger partial charge in [-0.05, 0) is 73.6 Å². The molecular weight excluding hydrogens is 468 g/mol. The van der Waals surface area contributed by atoms with Gasteiger partial charge >= 0.3 is 0 Å². The van der Waals surface area contributed by atoms with Crippen molar-refractivity contribution in [1.29, 1.82) is 10.7 Å². The first-order chi connectivity index (χ1) is 18.0. The van der Waals surface area contributed by atoms with Gasteiger partial charge in [-0.25, -0.2) is 4.98 Å². The molecule has 1 aliphatic carbocycles. The van der Waals surface area contributed by atoms with Crippen molar-refractivity contribution in [2.45, 2.75) is 38.5 Å². The second-order valence-corrected chi connectivity index (χ2v) is 10.5. The number of hydrogen-bond donors (Lipinski definition) is 4. The Balaban J connectivity index is 1.32. The van der Waals surface area contributed by atoms with E-state index in [2.05, 4.69) is 38.4 Å². The molecular formula is C27H34N8O2. The van der Waals surface area contributed by atoms with Crippen LogP contribution in [0, 0.1) is 34.0 Å². The van der Waals surface area contributed by atoms with E-state index in [1.807, 2.05) is 17.0 Å². The minimum Gasteiger partial charge on any atom is -0.396 e. The molecule has 0 bridgehead atoms. The van der Waals surface area contributed by atoms with E-state index in [-0.39, 0.29) is 17.1 Å². The number of carbonyl (C=O) groups excluding carboxylic acids is 1. The number of anilines is 4. The monoisotopic (exact) mass is 502 g/mol. The highest BCUT2D eigenvalue weighted by molar-refractivity contribution is 6.04. The van der Waals surface area contributed by atoms with Crippen molar-refractivity contribution in [3.05, 3.63) is 35.5 Å². The minimum atomic E-state index is -0.694. The number of nitrogens with two attached hydrogens (primary N) is 1. The summed E-state index contributed by atoms with van der Waals surface area (Å²) in [5, 5.41) is 29.5. The number of nitrogens with zero attached hydrogens (tertiary/aromatic N) is 5. The highest BCUT2D eigenvalue weighted by atomic mass is 16.3. The lowest BCUT2D eigenvalue weighted by Crippen LogP contribution is -2.35. The zero-order chi connectivity index (χ0) is 26.0. The molecule has 10 nitrogen and oxygen atoms in total. The summed E-state index contributed by atoms with van der Waals surface area (Å²) in [4.78, 5) is 25.8. The van der Waals surface area contributed by atoms with Crippen LogP contribution in [0.3, 0.4) is 0 Å². The number of nitriles is 1. The first-order valence-corrected chi connectivity index (χ1v) is 13.0. The molecule has 1 saturated carbocycles. The van der Waals surface area contributed by atoms with Crippen molar-refractivity contribution in [2.24, 2.45) is 23.0 Å². The average molecular weight is 503 g/mol. The molecule has 1 atom stereocenters. The Morgan fingerprint density at radius 1 is 1.19 bits per heavy atom. The molecule has 5 rings (SSSR count). The Kier molecular flexibility index (Phi) is 6.98. The fourth-order valence-electron chi connectivity index (χ4n) is 5.92. The van der Waals surface area contributed by atoms with Gasteiger partial charge in [0.2, 0.25) is 5.95 Å². The third-order valence-electron chi connectivity index (χ3n) is 8.42. The van der Waals surface area contributed by atoms with Gasteiger partial charge < -0.3 is 31.4 Å². The van der Waals surface area contributed by atoms with Gasteiger partial charge in [-0.2, -0.15) is 10.2 Å². The molecule has 1 aromatic carbocycles. The van der Waals surface area contributed by atoms with Crippen LogP contribution in [0.2, 0.25) is 0 Å². The Bertz CT molecular complexity index is 1190. The van der Waals surface area contributed by atoms with Crippen LogP contribution in [0.1, 0.15) is 54.6 Å². The molecule has 3 fully saturated rings. The topological polar surface area (TPSA) is 155 Å². The molecule has 10 heteroatoms. The van der Waals surface area contributed by atoms with Gasteiger partial charge in [0, 0.05) is 56.8 Å². The smallest absolute Gasteiger partial charge is 0.254 e. The lowest BCUT2D eigenvalue weighted by Gasteiger charge is -2.34. The molecule has 2 aliphatic heterocycles. The lowest BCUT2D eigenvalue weighted by atomic mass is 9.90. The molecule has 2 aromatic rings. The summed E-state index contributed by atoms with van der Waals surface area (Å²) in [7, 11) is 0. The highest BCUT2D eigenvalue weighted by Gasteiger charge is 2.54. The van der Waals surface area contributed by atoms with Crippen LogP contribution in [0.25, 0.3) is 0 Å². The van der Waals surface area contributed by atoms with Crippen molar-refractivity contribution in [1.82, 2.24) is 9.97 Å². The number of rotatable bonds is 8. The van der Waals surface area contributed by atoms with E-state index in [9.17, 15) is 9.90 Å². The quantitative estimate of drug-likeness (QED) is 0.401. The second kappa shape index (κ2) is 10.3. The maximum atomic E-state index is 12.3. The van der Waals surface area contributed by atoms with E-state index < -0.39 is 5.91 Å². The number of hydrogen-bond acceptors (Lipinski definition) is 9. The van der Waals surface area contributed by atoms with Gasteiger partial charge in [0.1, 0.15) is 17.1 Å². The SMILES string of the molecule is N#CCC1CCN(c2nc(C=N)c(C(N)=O)c(Nc3ccc(N4CCC5(CC4)CC5CO)cc3)n2)CC1. The van der Waals surface area contributed by atoms with Crippen LogP contribution in [0.4, 0.5) is 23.1 Å². The summed E-state index contributed by atoms with van der Waals surface area (Å²) in [6.45, 7) is 3.70. The second-order valence-electron chi connectivity index (χ2n) is 10.5. The first kappa shape index (κ1) is 25.0. The van der Waals surface area contributed by atoms with Crippen LogP contribution in [0.15, 0.2) is 24.3 Å². The summed E-state index contributed by atoms with van der Waals surface area (Å²) >= 11 is 0. The lowest BCUT2D eigenvalue weighted by molar-refractivity contribution is 0.100. The molecule has 5 N–H and O–H groups in total.